The summed E-state index contributed by atoms with van der Waals surface area (Å²) in [6.45, 7) is 3.91. The first kappa shape index (κ1) is 17.3. The second kappa shape index (κ2) is 7.16. The Hall–Kier alpha value is -1.51. The maximum Gasteiger partial charge on any atom is 0.416 e. The maximum absolute atomic E-state index is 12.7. The van der Waals surface area contributed by atoms with Crippen molar-refractivity contribution in [2.75, 3.05) is 0 Å². The van der Waals surface area contributed by atoms with E-state index < -0.39 is 11.7 Å². The van der Waals surface area contributed by atoms with Crippen LogP contribution in [0, 0.1) is 17.8 Å². The van der Waals surface area contributed by atoms with Gasteiger partial charge in [-0.2, -0.15) is 13.2 Å². The Morgan fingerprint density at radius 2 is 1.62 bits per heavy atom. The molecule has 2 aliphatic carbocycles. The molecule has 0 aliphatic heterocycles. The van der Waals surface area contributed by atoms with E-state index in [-0.39, 0.29) is 1.43 Å². The molecule has 2 aliphatic rings. The second-order valence-corrected chi connectivity index (χ2v) is 7.25. The Kier molecular flexibility index (Phi) is 5.17. The number of benzene rings is 1. The van der Waals surface area contributed by atoms with Gasteiger partial charge in [0.15, 0.2) is 0 Å². The third-order valence-electron chi connectivity index (χ3n) is 5.85. The van der Waals surface area contributed by atoms with Gasteiger partial charge in [0.1, 0.15) is 0 Å². The van der Waals surface area contributed by atoms with Crippen molar-refractivity contribution in [3.63, 3.8) is 0 Å². The van der Waals surface area contributed by atoms with E-state index in [2.05, 4.69) is 18.7 Å². The van der Waals surface area contributed by atoms with Crippen LogP contribution in [0.3, 0.4) is 0 Å². The normalized spacial score (nSPS) is 28.3. The van der Waals surface area contributed by atoms with Gasteiger partial charge in [-0.25, -0.2) is 0 Å². The van der Waals surface area contributed by atoms with Gasteiger partial charge in [0.05, 0.1) is 5.56 Å². The van der Waals surface area contributed by atoms with Crippen molar-refractivity contribution in [3.05, 3.63) is 54.1 Å². The van der Waals surface area contributed by atoms with Crippen molar-refractivity contribution >= 4 is 5.57 Å². The van der Waals surface area contributed by atoms with Crippen LogP contribution in [-0.2, 0) is 6.18 Å². The molecule has 132 valence electrons. The predicted molar refractivity (Wildman–Crippen MR) is 94.5 cm³/mol. The smallest absolute Gasteiger partial charge is 0.166 e. The molecule has 0 bridgehead atoms. The van der Waals surface area contributed by atoms with Gasteiger partial charge in [-0.05, 0) is 86.0 Å². The maximum atomic E-state index is 12.7. The molecule has 3 rings (SSSR count). The summed E-state index contributed by atoms with van der Waals surface area (Å²) in [4.78, 5) is 0. The first-order valence-electron chi connectivity index (χ1n) is 8.96. The fourth-order valence-corrected chi connectivity index (χ4v) is 4.27. The standard InChI is InChI=1S/C21H25F3.H2/c1-2-15-3-5-16(6-4-15)17-7-9-18(10-8-17)19-11-13-20(14-12-19)21(22,23)24;/h2,9,11-17H,1,3-8,10H2;1H. The number of allylic oxidation sites excluding steroid dienone is 3. The van der Waals surface area contributed by atoms with Gasteiger partial charge in [-0.15, -0.1) is 6.58 Å². The number of halogens is 3. The quantitative estimate of drug-likeness (QED) is 0.515. The molecule has 1 saturated carbocycles. The highest BCUT2D eigenvalue weighted by molar-refractivity contribution is 5.66. The van der Waals surface area contributed by atoms with Crippen molar-refractivity contribution in [1.82, 2.24) is 0 Å². The minimum absolute atomic E-state index is 0. The summed E-state index contributed by atoms with van der Waals surface area (Å²) in [7, 11) is 0. The lowest BCUT2D eigenvalue weighted by Gasteiger charge is -2.34. The average Bonchev–Trinajstić information content (AvgIpc) is 2.61. The van der Waals surface area contributed by atoms with Crippen molar-refractivity contribution in [2.24, 2.45) is 17.8 Å². The minimum Gasteiger partial charge on any atom is -0.166 e. The molecule has 0 spiro atoms. The van der Waals surface area contributed by atoms with E-state index in [0.29, 0.717) is 5.92 Å². The third kappa shape index (κ3) is 3.93. The Labute approximate surface area is 143 Å². The lowest BCUT2D eigenvalue weighted by molar-refractivity contribution is -0.137. The van der Waals surface area contributed by atoms with Gasteiger partial charge >= 0.3 is 6.18 Å². The van der Waals surface area contributed by atoms with Crippen molar-refractivity contribution in [3.8, 4) is 0 Å². The molecule has 24 heavy (non-hydrogen) atoms. The molecule has 1 unspecified atom stereocenters. The Balaban J connectivity index is 0.00000225. The molecule has 0 saturated heterocycles. The number of alkyl halides is 3. The number of hydrogen-bond acceptors (Lipinski definition) is 0. The molecule has 0 N–H and O–H groups in total. The van der Waals surface area contributed by atoms with E-state index in [9.17, 15) is 13.2 Å². The molecular weight excluding hydrogens is 309 g/mol. The third-order valence-corrected chi connectivity index (χ3v) is 5.85. The largest absolute Gasteiger partial charge is 0.416 e. The zero-order valence-electron chi connectivity index (χ0n) is 14.0. The van der Waals surface area contributed by atoms with Crippen molar-refractivity contribution < 1.29 is 14.6 Å². The highest BCUT2D eigenvalue weighted by atomic mass is 19.4. The van der Waals surface area contributed by atoms with Crippen LogP contribution in [0.25, 0.3) is 5.57 Å². The molecule has 1 atom stereocenters. The van der Waals surface area contributed by atoms with E-state index in [1.165, 1.54) is 43.4 Å². The van der Waals surface area contributed by atoms with Gasteiger partial charge in [-0.1, -0.05) is 24.3 Å². The monoisotopic (exact) mass is 336 g/mol. The fourth-order valence-electron chi connectivity index (χ4n) is 4.27. The van der Waals surface area contributed by atoms with Crippen molar-refractivity contribution in [2.45, 2.75) is 51.1 Å². The highest BCUT2D eigenvalue weighted by Gasteiger charge is 2.31. The van der Waals surface area contributed by atoms with Crippen LogP contribution in [0.1, 0.15) is 57.5 Å². The lowest BCUT2D eigenvalue weighted by atomic mass is 9.71. The molecule has 0 amide bonds. The Morgan fingerprint density at radius 3 is 2.12 bits per heavy atom. The molecule has 0 aromatic heterocycles. The summed E-state index contributed by atoms with van der Waals surface area (Å²) in [5, 5.41) is 0. The summed E-state index contributed by atoms with van der Waals surface area (Å²) < 4.78 is 38.0. The molecule has 0 nitrogen and oxygen atoms in total. The average molecular weight is 336 g/mol. The van der Waals surface area contributed by atoms with Gasteiger partial charge in [0.2, 0.25) is 0 Å². The number of hydrogen-bond donors (Lipinski definition) is 0. The Bertz CT molecular complexity index is 593. The molecule has 3 heteroatoms. The summed E-state index contributed by atoms with van der Waals surface area (Å²) in [6, 6.07) is 5.62. The lowest BCUT2D eigenvalue weighted by Crippen LogP contribution is -2.22. The van der Waals surface area contributed by atoms with Gasteiger partial charge in [0.25, 0.3) is 0 Å². The van der Waals surface area contributed by atoms with E-state index in [0.717, 1.165) is 36.7 Å². The van der Waals surface area contributed by atoms with E-state index >= 15 is 0 Å². The van der Waals surface area contributed by atoms with Crippen LogP contribution >= 0.6 is 0 Å². The van der Waals surface area contributed by atoms with E-state index in [1.807, 2.05) is 0 Å². The van der Waals surface area contributed by atoms with Gasteiger partial charge in [0, 0.05) is 1.43 Å². The zero-order valence-corrected chi connectivity index (χ0v) is 14.0. The molecule has 1 aromatic carbocycles. The van der Waals surface area contributed by atoms with Crippen LogP contribution in [-0.4, -0.2) is 0 Å². The summed E-state index contributed by atoms with van der Waals surface area (Å²) in [5.74, 6) is 2.25. The summed E-state index contributed by atoms with van der Waals surface area (Å²) in [6.07, 6.45) is 8.44. The highest BCUT2D eigenvalue weighted by Crippen LogP contribution is 2.41. The minimum atomic E-state index is -4.26. The van der Waals surface area contributed by atoms with Crippen LogP contribution in [0.2, 0.25) is 0 Å². The van der Waals surface area contributed by atoms with Crippen LogP contribution in [0.15, 0.2) is 43.0 Å². The fraction of sp³-hybridized carbons (Fsp3) is 0.524. The molecular formula is C21H27F3. The molecule has 0 heterocycles. The zero-order chi connectivity index (χ0) is 17.2. The van der Waals surface area contributed by atoms with Gasteiger partial charge < -0.3 is 0 Å². The molecule has 1 aromatic rings. The Morgan fingerprint density at radius 1 is 0.958 bits per heavy atom. The van der Waals surface area contributed by atoms with Crippen LogP contribution in [0.5, 0.6) is 0 Å². The first-order chi connectivity index (χ1) is 11.5. The van der Waals surface area contributed by atoms with E-state index in [4.69, 9.17) is 0 Å². The topological polar surface area (TPSA) is 0 Å². The number of rotatable bonds is 3. The molecule has 1 fully saturated rings. The van der Waals surface area contributed by atoms with Crippen LogP contribution in [0.4, 0.5) is 13.2 Å². The van der Waals surface area contributed by atoms with Crippen LogP contribution < -0.4 is 0 Å². The predicted octanol–water partition coefficient (Wildman–Crippen LogP) is 7.13. The summed E-state index contributed by atoms with van der Waals surface area (Å²) in [5.41, 5.74) is 1.58. The SMILES string of the molecule is C=CC1CCC(C2CC=C(c3ccc(C(F)(F)F)cc3)CC2)CC1.[HH]. The second-order valence-electron chi connectivity index (χ2n) is 7.25. The van der Waals surface area contributed by atoms with Crippen molar-refractivity contribution in [1.29, 1.82) is 0 Å². The van der Waals surface area contributed by atoms with E-state index in [1.54, 1.807) is 12.1 Å². The summed E-state index contributed by atoms with van der Waals surface area (Å²) >= 11 is 0. The molecule has 0 radical (unpaired) electrons. The first-order valence-corrected chi connectivity index (χ1v) is 8.96. The van der Waals surface area contributed by atoms with Gasteiger partial charge in [-0.3, -0.25) is 0 Å².